The minimum Gasteiger partial charge on any atom is -0.497 e. The van der Waals surface area contributed by atoms with Crippen molar-refractivity contribution in [3.63, 3.8) is 0 Å². The number of alkyl halides is 3. The summed E-state index contributed by atoms with van der Waals surface area (Å²) in [6, 6.07) is 3.00. The lowest BCUT2D eigenvalue weighted by molar-refractivity contribution is -0.137. The molecule has 19 heavy (non-hydrogen) atoms. The molecular weight excluding hydrogens is 263 g/mol. The lowest BCUT2D eigenvalue weighted by atomic mass is 10.0. The van der Waals surface area contributed by atoms with Crippen LogP contribution in [-0.2, 0) is 15.7 Å². The third-order valence-corrected chi connectivity index (χ3v) is 2.64. The molecule has 0 spiro atoms. The summed E-state index contributed by atoms with van der Waals surface area (Å²) in [4.78, 5) is 11.6. The van der Waals surface area contributed by atoms with Crippen LogP contribution in [0.3, 0.4) is 0 Å². The van der Waals surface area contributed by atoms with E-state index in [-0.39, 0.29) is 29.4 Å². The van der Waals surface area contributed by atoms with Gasteiger partial charge in [0.15, 0.2) is 12.5 Å². The molecule has 0 saturated carbocycles. The van der Waals surface area contributed by atoms with Crippen LogP contribution in [0.15, 0.2) is 24.1 Å². The van der Waals surface area contributed by atoms with Crippen LogP contribution in [0.5, 0.6) is 5.75 Å². The summed E-state index contributed by atoms with van der Waals surface area (Å²) in [6.07, 6.45) is -4.54. The maximum Gasteiger partial charge on any atom is 0.416 e. The van der Waals surface area contributed by atoms with Crippen molar-refractivity contribution in [1.29, 1.82) is 0 Å². The van der Waals surface area contributed by atoms with Gasteiger partial charge in [-0.2, -0.15) is 13.2 Å². The molecule has 102 valence electrons. The van der Waals surface area contributed by atoms with Gasteiger partial charge in [-0.25, -0.2) is 0 Å². The number of rotatable bonds is 2. The number of methoxy groups -OCH3 is 1. The number of Topliss-reactive ketones (excluding diaryl/α,β-unsaturated/α-hetero) is 1. The van der Waals surface area contributed by atoms with Crippen LogP contribution in [0.1, 0.15) is 11.1 Å². The van der Waals surface area contributed by atoms with Crippen molar-refractivity contribution >= 4 is 11.4 Å². The first-order valence-electron chi connectivity index (χ1n) is 5.25. The molecule has 0 amide bonds. The number of ketones is 1. The maximum atomic E-state index is 12.7. The summed E-state index contributed by atoms with van der Waals surface area (Å²) in [5.74, 6) is -0.643. The van der Waals surface area contributed by atoms with Crippen LogP contribution in [0.2, 0.25) is 0 Å². The molecule has 0 aliphatic carbocycles. The van der Waals surface area contributed by atoms with Crippen molar-refractivity contribution in [2.24, 2.45) is 5.73 Å². The predicted octanol–water partition coefficient (Wildman–Crippen LogP) is 1.94. The standard InChI is InChI=1S/C12H10F3NO3/c1-18-8-3-6(2-7(4-8)12(13,14)15)10-9(17)5-19-11(10)16/h2-4H,5,16H2,1H3. The van der Waals surface area contributed by atoms with Crippen molar-refractivity contribution < 1.29 is 27.4 Å². The number of benzene rings is 1. The molecule has 7 heteroatoms. The minimum atomic E-state index is -4.54. The number of hydrogen-bond acceptors (Lipinski definition) is 4. The largest absolute Gasteiger partial charge is 0.497 e. The number of halogens is 3. The van der Waals surface area contributed by atoms with E-state index in [1.165, 1.54) is 13.2 Å². The molecule has 4 nitrogen and oxygen atoms in total. The Hall–Kier alpha value is -2.18. The summed E-state index contributed by atoms with van der Waals surface area (Å²) in [5.41, 5.74) is 4.53. The Morgan fingerprint density at radius 1 is 1.32 bits per heavy atom. The van der Waals surface area contributed by atoms with E-state index in [0.29, 0.717) is 0 Å². The van der Waals surface area contributed by atoms with Crippen molar-refractivity contribution in [1.82, 2.24) is 0 Å². The summed E-state index contributed by atoms with van der Waals surface area (Å²) >= 11 is 0. The highest BCUT2D eigenvalue weighted by Gasteiger charge is 2.33. The zero-order valence-electron chi connectivity index (χ0n) is 9.88. The molecule has 1 aliphatic rings. The van der Waals surface area contributed by atoms with E-state index in [1.54, 1.807) is 0 Å². The van der Waals surface area contributed by atoms with E-state index in [1.807, 2.05) is 0 Å². The first kappa shape index (κ1) is 13.3. The Morgan fingerprint density at radius 3 is 2.47 bits per heavy atom. The second kappa shape index (κ2) is 4.49. The van der Waals surface area contributed by atoms with Crippen molar-refractivity contribution in [2.75, 3.05) is 13.7 Å². The first-order chi connectivity index (χ1) is 8.82. The SMILES string of the molecule is COc1cc(C2=C(N)OCC2=O)cc(C(F)(F)F)c1. The zero-order valence-corrected chi connectivity index (χ0v) is 9.88. The Kier molecular flexibility index (Phi) is 3.13. The molecule has 0 fully saturated rings. The van der Waals surface area contributed by atoms with E-state index >= 15 is 0 Å². The molecule has 1 aromatic carbocycles. The third-order valence-electron chi connectivity index (χ3n) is 2.64. The molecule has 0 aromatic heterocycles. The Balaban J connectivity index is 2.58. The first-order valence-corrected chi connectivity index (χ1v) is 5.25. The minimum absolute atomic E-state index is 0.00942. The van der Waals surface area contributed by atoms with Crippen LogP contribution in [0.25, 0.3) is 5.57 Å². The highest BCUT2D eigenvalue weighted by atomic mass is 19.4. The van der Waals surface area contributed by atoms with Crippen LogP contribution in [-0.4, -0.2) is 19.5 Å². The van der Waals surface area contributed by atoms with Gasteiger partial charge in [0.25, 0.3) is 0 Å². The van der Waals surface area contributed by atoms with E-state index in [9.17, 15) is 18.0 Å². The van der Waals surface area contributed by atoms with Gasteiger partial charge in [0, 0.05) is 0 Å². The Labute approximate surface area is 106 Å². The quantitative estimate of drug-likeness (QED) is 0.894. The summed E-state index contributed by atoms with van der Waals surface area (Å²) in [5, 5.41) is 0. The number of hydrogen-bond donors (Lipinski definition) is 1. The fourth-order valence-electron chi connectivity index (χ4n) is 1.75. The van der Waals surface area contributed by atoms with Gasteiger partial charge < -0.3 is 15.2 Å². The van der Waals surface area contributed by atoms with Gasteiger partial charge in [-0.05, 0) is 23.8 Å². The molecule has 2 N–H and O–H groups in total. The van der Waals surface area contributed by atoms with E-state index in [2.05, 4.69) is 0 Å². The lowest BCUT2D eigenvalue weighted by Crippen LogP contribution is -2.08. The molecule has 0 atom stereocenters. The van der Waals surface area contributed by atoms with Gasteiger partial charge in [0.05, 0.1) is 18.2 Å². The number of ether oxygens (including phenoxy) is 2. The second-order valence-corrected chi connectivity index (χ2v) is 3.90. The lowest BCUT2D eigenvalue weighted by Gasteiger charge is -2.11. The normalized spacial score (nSPS) is 15.7. The van der Waals surface area contributed by atoms with E-state index in [0.717, 1.165) is 12.1 Å². The second-order valence-electron chi connectivity index (χ2n) is 3.90. The molecular formula is C12H10F3NO3. The van der Waals surface area contributed by atoms with Crippen molar-refractivity contribution in [2.45, 2.75) is 6.18 Å². The predicted molar refractivity (Wildman–Crippen MR) is 60.1 cm³/mol. The van der Waals surface area contributed by atoms with Gasteiger partial charge in [0.2, 0.25) is 5.78 Å². The highest BCUT2D eigenvalue weighted by Crippen LogP contribution is 2.35. The van der Waals surface area contributed by atoms with Gasteiger partial charge >= 0.3 is 6.18 Å². The fourth-order valence-corrected chi connectivity index (χ4v) is 1.75. The number of nitrogens with two attached hydrogens (primary N) is 1. The Morgan fingerprint density at radius 2 is 2.00 bits per heavy atom. The molecule has 0 bridgehead atoms. The number of carbonyl (C=O) groups is 1. The van der Waals surface area contributed by atoms with E-state index < -0.39 is 17.5 Å². The van der Waals surface area contributed by atoms with Crippen LogP contribution >= 0.6 is 0 Å². The average molecular weight is 273 g/mol. The highest BCUT2D eigenvalue weighted by molar-refractivity contribution is 6.23. The van der Waals surface area contributed by atoms with Crippen LogP contribution < -0.4 is 10.5 Å². The van der Waals surface area contributed by atoms with Gasteiger partial charge in [-0.1, -0.05) is 0 Å². The van der Waals surface area contributed by atoms with Gasteiger partial charge in [-0.15, -0.1) is 0 Å². The van der Waals surface area contributed by atoms with E-state index in [4.69, 9.17) is 15.2 Å². The van der Waals surface area contributed by atoms with Crippen LogP contribution in [0.4, 0.5) is 13.2 Å². The topological polar surface area (TPSA) is 61.6 Å². The molecule has 1 aromatic rings. The Bertz CT molecular complexity index is 564. The van der Waals surface area contributed by atoms with Crippen molar-refractivity contribution in [3.8, 4) is 5.75 Å². The monoisotopic (exact) mass is 273 g/mol. The number of carbonyl (C=O) groups excluding carboxylic acids is 1. The molecule has 0 radical (unpaired) electrons. The van der Waals surface area contributed by atoms with Crippen LogP contribution in [0, 0.1) is 0 Å². The summed E-state index contributed by atoms with van der Waals surface area (Å²) < 4.78 is 47.9. The maximum absolute atomic E-state index is 12.7. The molecule has 1 aliphatic heterocycles. The molecule has 1 heterocycles. The molecule has 0 unspecified atom stereocenters. The smallest absolute Gasteiger partial charge is 0.416 e. The summed E-state index contributed by atoms with van der Waals surface area (Å²) in [7, 11) is 1.24. The average Bonchev–Trinajstić information content (AvgIpc) is 2.67. The third kappa shape index (κ3) is 2.49. The van der Waals surface area contributed by atoms with Crippen molar-refractivity contribution in [3.05, 3.63) is 35.2 Å². The molecule has 2 rings (SSSR count). The zero-order chi connectivity index (χ0) is 14.2. The van der Waals surface area contributed by atoms with Gasteiger partial charge in [-0.3, -0.25) is 4.79 Å². The van der Waals surface area contributed by atoms with Gasteiger partial charge in [0.1, 0.15) is 5.75 Å². The molecule has 0 saturated heterocycles. The fraction of sp³-hybridized carbons (Fsp3) is 0.250. The summed E-state index contributed by atoms with van der Waals surface area (Å²) in [6.45, 7) is -0.264.